The average molecular weight is 169 g/mol. The minimum atomic E-state index is -0.686. The first-order valence-electron chi connectivity index (χ1n) is 4.15. The molecule has 1 saturated heterocycles. The Morgan fingerprint density at radius 1 is 1.83 bits per heavy atom. The summed E-state index contributed by atoms with van der Waals surface area (Å²) in [5.74, 6) is -0.686. The molecule has 1 aliphatic rings. The van der Waals surface area contributed by atoms with Crippen LogP contribution in [0, 0.1) is 5.41 Å². The third-order valence-electron chi connectivity index (χ3n) is 2.46. The zero-order chi connectivity index (χ0) is 9.19. The molecule has 1 aliphatic heterocycles. The molecule has 0 bridgehead atoms. The van der Waals surface area contributed by atoms with E-state index in [1.165, 1.54) is 0 Å². The van der Waals surface area contributed by atoms with Gasteiger partial charge in [-0.2, -0.15) is 0 Å². The van der Waals surface area contributed by atoms with E-state index in [1.54, 1.807) is 6.92 Å². The molecule has 1 fully saturated rings. The highest BCUT2D eigenvalue weighted by atomic mass is 16.4. The van der Waals surface area contributed by atoms with E-state index in [2.05, 4.69) is 11.5 Å². The van der Waals surface area contributed by atoms with Gasteiger partial charge in [0.1, 0.15) is 0 Å². The molecule has 3 heteroatoms. The maximum absolute atomic E-state index is 10.8. The number of likely N-dealkylation sites (tertiary alicyclic amines) is 1. The number of carboxylic acid groups (broad SMARTS) is 1. The van der Waals surface area contributed by atoms with E-state index in [9.17, 15) is 4.79 Å². The normalized spacial score (nSPS) is 30.4. The Morgan fingerprint density at radius 3 is 2.92 bits per heavy atom. The van der Waals surface area contributed by atoms with Crippen molar-refractivity contribution in [1.29, 1.82) is 0 Å². The van der Waals surface area contributed by atoms with Crippen molar-refractivity contribution in [3.63, 3.8) is 0 Å². The molecule has 0 aromatic carbocycles. The van der Waals surface area contributed by atoms with Crippen molar-refractivity contribution < 1.29 is 9.90 Å². The molecule has 12 heavy (non-hydrogen) atoms. The molecular formula is C9H15NO2. The third kappa shape index (κ3) is 1.67. The van der Waals surface area contributed by atoms with Crippen molar-refractivity contribution in [3.8, 4) is 0 Å². The quantitative estimate of drug-likeness (QED) is 0.640. The summed E-state index contributed by atoms with van der Waals surface area (Å²) in [6.07, 6.45) is 2.56. The first-order valence-corrected chi connectivity index (χ1v) is 4.15. The minimum Gasteiger partial charge on any atom is -0.481 e. The van der Waals surface area contributed by atoms with Crippen molar-refractivity contribution in [1.82, 2.24) is 4.90 Å². The maximum atomic E-state index is 10.8. The standard InChI is InChI=1S/C9H15NO2/c1-3-5-10-6-4-9(2,7-10)8(11)12/h3H,1,4-7H2,2H3,(H,11,12). The fourth-order valence-corrected chi connectivity index (χ4v) is 1.57. The van der Waals surface area contributed by atoms with Crippen LogP contribution in [0.1, 0.15) is 13.3 Å². The van der Waals surface area contributed by atoms with Gasteiger partial charge in [-0.1, -0.05) is 6.08 Å². The second-order valence-electron chi connectivity index (χ2n) is 3.64. The lowest BCUT2D eigenvalue weighted by Crippen LogP contribution is -2.31. The highest BCUT2D eigenvalue weighted by molar-refractivity contribution is 5.74. The van der Waals surface area contributed by atoms with Gasteiger partial charge in [-0.05, 0) is 19.9 Å². The highest BCUT2D eigenvalue weighted by Gasteiger charge is 2.39. The average Bonchev–Trinajstić information content (AvgIpc) is 2.34. The van der Waals surface area contributed by atoms with Crippen LogP contribution >= 0.6 is 0 Å². The van der Waals surface area contributed by atoms with E-state index in [0.717, 1.165) is 19.5 Å². The predicted molar refractivity (Wildman–Crippen MR) is 47.0 cm³/mol. The lowest BCUT2D eigenvalue weighted by Gasteiger charge is -2.18. The van der Waals surface area contributed by atoms with Crippen LogP contribution in [0.15, 0.2) is 12.7 Å². The monoisotopic (exact) mass is 169 g/mol. The highest BCUT2D eigenvalue weighted by Crippen LogP contribution is 2.29. The Bertz CT molecular complexity index is 203. The Kier molecular flexibility index (Phi) is 2.52. The van der Waals surface area contributed by atoms with Crippen LogP contribution in [-0.2, 0) is 4.79 Å². The smallest absolute Gasteiger partial charge is 0.310 e. The number of nitrogens with zero attached hydrogens (tertiary/aromatic N) is 1. The van der Waals surface area contributed by atoms with E-state index in [4.69, 9.17) is 5.11 Å². The van der Waals surface area contributed by atoms with Gasteiger partial charge in [0, 0.05) is 13.1 Å². The van der Waals surface area contributed by atoms with E-state index in [0.29, 0.717) is 6.54 Å². The zero-order valence-electron chi connectivity index (χ0n) is 7.42. The Labute approximate surface area is 72.7 Å². The maximum Gasteiger partial charge on any atom is 0.310 e. The number of hydrogen-bond acceptors (Lipinski definition) is 2. The van der Waals surface area contributed by atoms with Crippen molar-refractivity contribution in [2.24, 2.45) is 5.41 Å². The van der Waals surface area contributed by atoms with E-state index < -0.39 is 11.4 Å². The van der Waals surface area contributed by atoms with Gasteiger partial charge in [0.2, 0.25) is 0 Å². The molecule has 0 spiro atoms. The lowest BCUT2D eigenvalue weighted by molar-refractivity contribution is -0.147. The molecule has 68 valence electrons. The van der Waals surface area contributed by atoms with Gasteiger partial charge in [-0.3, -0.25) is 9.69 Å². The van der Waals surface area contributed by atoms with E-state index >= 15 is 0 Å². The van der Waals surface area contributed by atoms with Crippen molar-refractivity contribution >= 4 is 5.97 Å². The lowest BCUT2D eigenvalue weighted by atomic mass is 9.90. The van der Waals surface area contributed by atoms with Crippen LogP contribution in [-0.4, -0.2) is 35.6 Å². The van der Waals surface area contributed by atoms with Gasteiger partial charge in [0.05, 0.1) is 5.41 Å². The molecule has 1 atom stereocenters. The summed E-state index contributed by atoms with van der Waals surface area (Å²) in [5.41, 5.74) is -0.539. The molecule has 3 nitrogen and oxygen atoms in total. The minimum absolute atomic E-state index is 0.539. The van der Waals surface area contributed by atoms with E-state index in [1.807, 2.05) is 6.08 Å². The molecular weight excluding hydrogens is 154 g/mol. The summed E-state index contributed by atoms with van der Waals surface area (Å²) in [7, 11) is 0. The molecule has 0 saturated carbocycles. The van der Waals surface area contributed by atoms with Crippen LogP contribution in [0.25, 0.3) is 0 Å². The predicted octanol–water partition coefficient (Wildman–Crippen LogP) is 0.969. The number of hydrogen-bond donors (Lipinski definition) is 1. The summed E-state index contributed by atoms with van der Waals surface area (Å²) >= 11 is 0. The molecule has 0 amide bonds. The summed E-state index contributed by atoms with van der Waals surface area (Å²) in [5, 5.41) is 8.91. The van der Waals surface area contributed by atoms with Crippen molar-refractivity contribution in [2.45, 2.75) is 13.3 Å². The molecule has 1 rings (SSSR count). The largest absolute Gasteiger partial charge is 0.481 e. The molecule has 0 aromatic heterocycles. The topological polar surface area (TPSA) is 40.5 Å². The fourth-order valence-electron chi connectivity index (χ4n) is 1.57. The first kappa shape index (κ1) is 9.26. The van der Waals surface area contributed by atoms with Crippen LogP contribution in [0.2, 0.25) is 0 Å². The SMILES string of the molecule is C=CCN1CCC(C)(C(=O)O)C1. The second-order valence-corrected chi connectivity index (χ2v) is 3.64. The molecule has 0 radical (unpaired) electrons. The van der Waals surface area contributed by atoms with Gasteiger partial charge >= 0.3 is 5.97 Å². The van der Waals surface area contributed by atoms with Crippen LogP contribution in [0.4, 0.5) is 0 Å². The van der Waals surface area contributed by atoms with Gasteiger partial charge in [0.25, 0.3) is 0 Å². The van der Waals surface area contributed by atoms with Crippen LogP contribution in [0.3, 0.4) is 0 Å². The summed E-state index contributed by atoms with van der Waals surface area (Å²) in [6, 6.07) is 0. The van der Waals surface area contributed by atoms with E-state index in [-0.39, 0.29) is 0 Å². The number of aliphatic carboxylic acids is 1. The number of rotatable bonds is 3. The molecule has 1 heterocycles. The molecule has 1 unspecified atom stereocenters. The van der Waals surface area contributed by atoms with Gasteiger partial charge < -0.3 is 5.11 Å². The fraction of sp³-hybridized carbons (Fsp3) is 0.667. The summed E-state index contributed by atoms with van der Waals surface area (Å²) in [6.45, 7) is 7.74. The molecule has 1 N–H and O–H groups in total. The van der Waals surface area contributed by atoms with Crippen LogP contribution in [0.5, 0.6) is 0 Å². The van der Waals surface area contributed by atoms with Crippen molar-refractivity contribution in [2.75, 3.05) is 19.6 Å². The van der Waals surface area contributed by atoms with Gasteiger partial charge in [0.15, 0.2) is 0 Å². The molecule has 0 aliphatic carbocycles. The van der Waals surface area contributed by atoms with Crippen molar-refractivity contribution in [3.05, 3.63) is 12.7 Å². The zero-order valence-corrected chi connectivity index (χ0v) is 7.42. The number of carbonyl (C=O) groups is 1. The van der Waals surface area contributed by atoms with Crippen LogP contribution < -0.4 is 0 Å². The first-order chi connectivity index (χ1) is 5.58. The third-order valence-corrected chi connectivity index (χ3v) is 2.46. The Morgan fingerprint density at radius 2 is 2.50 bits per heavy atom. The van der Waals surface area contributed by atoms with Gasteiger partial charge in [-0.15, -0.1) is 6.58 Å². The second kappa shape index (κ2) is 3.27. The summed E-state index contributed by atoms with van der Waals surface area (Å²) in [4.78, 5) is 12.9. The number of carboxylic acids is 1. The van der Waals surface area contributed by atoms with Gasteiger partial charge in [-0.25, -0.2) is 0 Å². The Balaban J connectivity index is 2.54. The Hall–Kier alpha value is -0.830. The molecule has 0 aromatic rings. The summed E-state index contributed by atoms with van der Waals surface area (Å²) < 4.78 is 0.